The number of hydrogen-bond acceptors (Lipinski definition) is 3. The van der Waals surface area contributed by atoms with Crippen LogP contribution in [-0.4, -0.2) is 0 Å². The van der Waals surface area contributed by atoms with Crippen molar-refractivity contribution in [2.75, 3.05) is 5.32 Å². The summed E-state index contributed by atoms with van der Waals surface area (Å²) in [6.07, 6.45) is 3.13. The van der Waals surface area contributed by atoms with Crippen LogP contribution in [0, 0.1) is 20.8 Å². The standard InChI is InChI=1S/C23H23NO2/c1-13-11-15(3)18(12-14(13)2)20-21(23(26)22(20)25)24-19-10-6-8-16-7-4-5-9-17(16)19/h4-5,7,9,11-12,19,24H,6,8,10H2,1-3H3. The summed E-state index contributed by atoms with van der Waals surface area (Å²) in [6, 6.07) is 12.6. The van der Waals surface area contributed by atoms with Gasteiger partial charge in [-0.3, -0.25) is 9.59 Å². The average molecular weight is 345 g/mol. The zero-order valence-electron chi connectivity index (χ0n) is 15.5. The highest BCUT2D eigenvalue weighted by Crippen LogP contribution is 2.35. The second-order valence-electron chi connectivity index (χ2n) is 7.45. The highest BCUT2D eigenvalue weighted by atomic mass is 16.2. The minimum atomic E-state index is -0.388. The maximum Gasteiger partial charge on any atom is 0.250 e. The van der Waals surface area contributed by atoms with E-state index in [9.17, 15) is 9.59 Å². The fourth-order valence-electron chi connectivity index (χ4n) is 4.09. The van der Waals surface area contributed by atoms with Crippen molar-refractivity contribution in [1.82, 2.24) is 0 Å². The zero-order chi connectivity index (χ0) is 18.4. The number of anilines is 1. The van der Waals surface area contributed by atoms with Gasteiger partial charge in [-0.2, -0.15) is 0 Å². The van der Waals surface area contributed by atoms with E-state index in [1.54, 1.807) is 0 Å². The van der Waals surface area contributed by atoms with Crippen LogP contribution in [-0.2, 0) is 6.42 Å². The number of rotatable bonds is 3. The Labute approximate surface area is 153 Å². The molecule has 132 valence electrons. The third-order valence-electron chi connectivity index (χ3n) is 5.71. The van der Waals surface area contributed by atoms with Crippen LogP contribution < -0.4 is 16.2 Å². The Kier molecular flexibility index (Phi) is 4.03. The van der Waals surface area contributed by atoms with E-state index in [2.05, 4.69) is 36.5 Å². The first-order chi connectivity index (χ1) is 12.5. The van der Waals surface area contributed by atoms with Crippen LogP contribution in [0.25, 0.3) is 11.1 Å². The molecule has 26 heavy (non-hydrogen) atoms. The van der Waals surface area contributed by atoms with E-state index in [1.165, 1.54) is 16.7 Å². The lowest BCUT2D eigenvalue weighted by atomic mass is 9.86. The van der Waals surface area contributed by atoms with Crippen LogP contribution in [0.5, 0.6) is 0 Å². The van der Waals surface area contributed by atoms with E-state index in [0.29, 0.717) is 11.3 Å². The molecular weight excluding hydrogens is 322 g/mol. The number of fused-ring (bicyclic) bond motifs is 1. The second kappa shape index (κ2) is 6.24. The summed E-state index contributed by atoms with van der Waals surface area (Å²) in [5.41, 5.74) is 7.10. The van der Waals surface area contributed by atoms with Crippen LogP contribution in [0.4, 0.5) is 5.69 Å². The molecule has 3 heteroatoms. The van der Waals surface area contributed by atoms with Gasteiger partial charge in [0.15, 0.2) is 0 Å². The lowest BCUT2D eigenvalue weighted by Gasteiger charge is -2.28. The van der Waals surface area contributed by atoms with Crippen molar-refractivity contribution in [3.05, 3.63) is 84.7 Å². The molecule has 0 aliphatic heterocycles. The van der Waals surface area contributed by atoms with Gasteiger partial charge in [-0.05, 0) is 73.4 Å². The second-order valence-corrected chi connectivity index (χ2v) is 7.45. The lowest BCUT2D eigenvalue weighted by molar-refractivity contribution is 0.599. The van der Waals surface area contributed by atoms with E-state index >= 15 is 0 Å². The van der Waals surface area contributed by atoms with Gasteiger partial charge < -0.3 is 5.32 Å². The van der Waals surface area contributed by atoms with E-state index in [4.69, 9.17) is 0 Å². The van der Waals surface area contributed by atoms with Crippen LogP contribution in [0.15, 0.2) is 46.0 Å². The van der Waals surface area contributed by atoms with Gasteiger partial charge in [0.1, 0.15) is 0 Å². The molecule has 3 nitrogen and oxygen atoms in total. The van der Waals surface area contributed by atoms with Crippen molar-refractivity contribution >= 4 is 5.69 Å². The smallest absolute Gasteiger partial charge is 0.250 e. The summed E-state index contributed by atoms with van der Waals surface area (Å²) < 4.78 is 0. The molecule has 0 fully saturated rings. The van der Waals surface area contributed by atoms with Gasteiger partial charge in [0.25, 0.3) is 0 Å². The third-order valence-corrected chi connectivity index (χ3v) is 5.71. The highest BCUT2D eigenvalue weighted by Gasteiger charge is 2.28. The Hall–Kier alpha value is -2.68. The van der Waals surface area contributed by atoms with Crippen molar-refractivity contribution in [3.8, 4) is 11.1 Å². The molecule has 0 amide bonds. The van der Waals surface area contributed by atoms with E-state index in [0.717, 1.165) is 36.0 Å². The number of hydrogen-bond donors (Lipinski definition) is 1. The third kappa shape index (κ3) is 2.59. The molecule has 1 unspecified atom stereocenters. The molecule has 0 radical (unpaired) electrons. The first-order valence-electron chi connectivity index (χ1n) is 9.23. The summed E-state index contributed by atoms with van der Waals surface area (Å²) in [5, 5.41) is 3.41. The maximum atomic E-state index is 12.4. The fraction of sp³-hybridized carbons (Fsp3) is 0.304. The number of nitrogens with one attached hydrogen (secondary N) is 1. The monoisotopic (exact) mass is 345 g/mol. The lowest BCUT2D eigenvalue weighted by Crippen LogP contribution is -2.37. The summed E-state index contributed by atoms with van der Waals surface area (Å²) in [5.74, 6) is 0. The molecule has 0 heterocycles. The van der Waals surface area contributed by atoms with Gasteiger partial charge in [-0.15, -0.1) is 0 Å². The van der Waals surface area contributed by atoms with Gasteiger partial charge in [0.2, 0.25) is 10.9 Å². The van der Waals surface area contributed by atoms with Crippen molar-refractivity contribution in [1.29, 1.82) is 0 Å². The molecule has 1 aliphatic rings. The molecule has 1 aliphatic carbocycles. The topological polar surface area (TPSA) is 46.2 Å². The Morgan fingerprint density at radius 1 is 0.923 bits per heavy atom. The van der Waals surface area contributed by atoms with Gasteiger partial charge in [0, 0.05) is 0 Å². The molecule has 0 spiro atoms. The van der Waals surface area contributed by atoms with Crippen LogP contribution >= 0.6 is 0 Å². The Morgan fingerprint density at radius 3 is 2.46 bits per heavy atom. The summed E-state index contributed by atoms with van der Waals surface area (Å²) in [4.78, 5) is 24.7. The molecule has 0 aromatic heterocycles. The van der Waals surface area contributed by atoms with Gasteiger partial charge in [0.05, 0.1) is 17.3 Å². The maximum absolute atomic E-state index is 12.4. The molecule has 0 saturated heterocycles. The average Bonchev–Trinajstić information content (AvgIpc) is 2.65. The SMILES string of the molecule is Cc1cc(C)c(-c2c(NC3CCCc4ccccc43)c(=O)c2=O)cc1C. The quantitative estimate of drug-likeness (QED) is 0.717. The van der Waals surface area contributed by atoms with Gasteiger partial charge in [-0.1, -0.05) is 36.4 Å². The predicted octanol–water partition coefficient (Wildman–Crippen LogP) is 4.36. The van der Waals surface area contributed by atoms with Crippen LogP contribution in [0.1, 0.15) is 46.7 Å². The van der Waals surface area contributed by atoms with E-state index < -0.39 is 0 Å². The van der Waals surface area contributed by atoms with Crippen molar-refractivity contribution in [3.63, 3.8) is 0 Å². The van der Waals surface area contributed by atoms with Gasteiger partial charge in [-0.25, -0.2) is 0 Å². The largest absolute Gasteiger partial charge is 0.374 e. The Bertz CT molecular complexity index is 1070. The highest BCUT2D eigenvalue weighted by molar-refractivity contribution is 5.84. The summed E-state index contributed by atoms with van der Waals surface area (Å²) in [6.45, 7) is 6.10. The van der Waals surface area contributed by atoms with Crippen LogP contribution in [0.2, 0.25) is 0 Å². The number of benzene rings is 2. The number of aryl methyl sites for hydroxylation is 4. The molecule has 3 aromatic rings. The molecule has 3 aromatic carbocycles. The summed E-state index contributed by atoms with van der Waals surface area (Å²) >= 11 is 0. The molecule has 1 atom stereocenters. The fourth-order valence-corrected chi connectivity index (χ4v) is 4.09. The first kappa shape index (κ1) is 16.8. The first-order valence-corrected chi connectivity index (χ1v) is 9.23. The molecule has 0 saturated carbocycles. The minimum Gasteiger partial charge on any atom is -0.374 e. The van der Waals surface area contributed by atoms with Crippen molar-refractivity contribution in [2.45, 2.75) is 46.1 Å². The Balaban J connectivity index is 1.75. The molecule has 0 bridgehead atoms. The van der Waals surface area contributed by atoms with Crippen molar-refractivity contribution < 1.29 is 0 Å². The van der Waals surface area contributed by atoms with E-state index in [1.807, 2.05) is 26.0 Å². The predicted molar refractivity (Wildman–Crippen MR) is 107 cm³/mol. The molecule has 1 N–H and O–H groups in total. The summed E-state index contributed by atoms with van der Waals surface area (Å²) in [7, 11) is 0. The molecule has 4 rings (SSSR count). The van der Waals surface area contributed by atoms with Crippen molar-refractivity contribution in [2.24, 2.45) is 0 Å². The zero-order valence-corrected chi connectivity index (χ0v) is 15.5. The molecular formula is C23H23NO2. The minimum absolute atomic E-state index is 0.0915. The van der Waals surface area contributed by atoms with Gasteiger partial charge >= 0.3 is 0 Å². The Morgan fingerprint density at radius 2 is 1.65 bits per heavy atom. The van der Waals surface area contributed by atoms with E-state index in [-0.39, 0.29) is 16.9 Å². The normalized spacial score (nSPS) is 16.5. The van der Waals surface area contributed by atoms with Crippen LogP contribution in [0.3, 0.4) is 0 Å².